The number of nitrogens with one attached hydrogen (secondary N) is 1. The monoisotopic (exact) mass is 250 g/mol. The van der Waals surface area contributed by atoms with Gasteiger partial charge in [0.05, 0.1) is 12.1 Å². The number of hydrazine groups is 1. The van der Waals surface area contributed by atoms with Crippen LogP contribution in [0.5, 0.6) is 0 Å². The average Bonchev–Trinajstić information content (AvgIpc) is 2.79. The standard InChI is InChI=1S/C13H18N2OS/c1-3-16-9(2)12(15-14)11-6-4-5-10-7-8-17-13(10)11/h4-9,12,15H,3,14H2,1-2H3. The molecule has 17 heavy (non-hydrogen) atoms. The summed E-state index contributed by atoms with van der Waals surface area (Å²) in [6.45, 7) is 4.73. The lowest BCUT2D eigenvalue weighted by Gasteiger charge is -2.24. The summed E-state index contributed by atoms with van der Waals surface area (Å²) in [6.07, 6.45) is 0.0534. The van der Waals surface area contributed by atoms with Crippen LogP contribution in [0, 0.1) is 0 Å². The molecular weight excluding hydrogens is 232 g/mol. The zero-order valence-electron chi connectivity index (χ0n) is 10.1. The molecule has 1 aromatic carbocycles. The van der Waals surface area contributed by atoms with Gasteiger partial charge in [0, 0.05) is 11.3 Å². The SMILES string of the molecule is CCOC(C)C(NN)c1cccc2ccsc12. The molecule has 1 heterocycles. The third kappa shape index (κ3) is 2.50. The Bertz CT molecular complexity index is 483. The minimum Gasteiger partial charge on any atom is -0.377 e. The summed E-state index contributed by atoms with van der Waals surface area (Å²) in [7, 11) is 0. The van der Waals surface area contributed by atoms with Crippen LogP contribution in [0.15, 0.2) is 29.6 Å². The number of hydrogen-bond donors (Lipinski definition) is 2. The van der Waals surface area contributed by atoms with Gasteiger partial charge in [0.15, 0.2) is 0 Å². The predicted octanol–water partition coefficient (Wildman–Crippen LogP) is 2.83. The highest BCUT2D eigenvalue weighted by Gasteiger charge is 2.20. The molecule has 2 atom stereocenters. The lowest BCUT2D eigenvalue weighted by Crippen LogP contribution is -2.36. The molecule has 2 aromatic rings. The largest absolute Gasteiger partial charge is 0.377 e. The molecule has 0 saturated heterocycles. The van der Waals surface area contributed by atoms with Gasteiger partial charge in [0.25, 0.3) is 0 Å². The van der Waals surface area contributed by atoms with Crippen molar-refractivity contribution in [1.82, 2.24) is 5.43 Å². The molecule has 0 saturated carbocycles. The number of ether oxygens (including phenoxy) is 1. The Kier molecular flexibility index (Phi) is 4.12. The smallest absolute Gasteiger partial charge is 0.0754 e. The summed E-state index contributed by atoms with van der Waals surface area (Å²) in [5.41, 5.74) is 4.08. The van der Waals surface area contributed by atoms with Crippen molar-refractivity contribution >= 4 is 21.4 Å². The highest BCUT2D eigenvalue weighted by molar-refractivity contribution is 7.17. The average molecular weight is 250 g/mol. The van der Waals surface area contributed by atoms with E-state index in [1.807, 2.05) is 13.8 Å². The van der Waals surface area contributed by atoms with Crippen LogP contribution in [0.25, 0.3) is 10.1 Å². The van der Waals surface area contributed by atoms with E-state index in [1.165, 1.54) is 15.6 Å². The van der Waals surface area contributed by atoms with Gasteiger partial charge in [-0.2, -0.15) is 0 Å². The number of hydrogen-bond acceptors (Lipinski definition) is 4. The molecule has 0 bridgehead atoms. The van der Waals surface area contributed by atoms with Gasteiger partial charge in [0.2, 0.25) is 0 Å². The lowest BCUT2D eigenvalue weighted by atomic mass is 10.0. The molecule has 3 N–H and O–H groups in total. The second-order valence-corrected chi connectivity index (χ2v) is 4.91. The third-order valence-corrected chi connectivity index (χ3v) is 3.90. The Morgan fingerprint density at radius 2 is 2.24 bits per heavy atom. The summed E-state index contributed by atoms with van der Waals surface area (Å²) in [5.74, 6) is 5.67. The van der Waals surface area contributed by atoms with E-state index in [4.69, 9.17) is 10.6 Å². The van der Waals surface area contributed by atoms with Gasteiger partial charge < -0.3 is 4.74 Å². The Morgan fingerprint density at radius 3 is 2.94 bits per heavy atom. The van der Waals surface area contributed by atoms with Crippen LogP contribution in [0.2, 0.25) is 0 Å². The molecule has 0 spiro atoms. The second-order valence-electron chi connectivity index (χ2n) is 3.99. The van der Waals surface area contributed by atoms with Gasteiger partial charge >= 0.3 is 0 Å². The number of thiophene rings is 1. The summed E-state index contributed by atoms with van der Waals surface area (Å²) >= 11 is 1.74. The van der Waals surface area contributed by atoms with E-state index in [-0.39, 0.29) is 12.1 Å². The van der Waals surface area contributed by atoms with Crippen LogP contribution < -0.4 is 11.3 Å². The zero-order valence-corrected chi connectivity index (χ0v) is 11.0. The van der Waals surface area contributed by atoms with Crippen molar-refractivity contribution in [2.45, 2.75) is 26.0 Å². The van der Waals surface area contributed by atoms with E-state index in [1.54, 1.807) is 11.3 Å². The van der Waals surface area contributed by atoms with Crippen LogP contribution in [0.1, 0.15) is 25.5 Å². The molecule has 0 aliphatic heterocycles. The maximum Gasteiger partial charge on any atom is 0.0754 e. The van der Waals surface area contributed by atoms with Crippen LogP contribution in [-0.2, 0) is 4.74 Å². The fraction of sp³-hybridized carbons (Fsp3) is 0.385. The van der Waals surface area contributed by atoms with E-state index < -0.39 is 0 Å². The lowest BCUT2D eigenvalue weighted by molar-refractivity contribution is 0.0476. The zero-order chi connectivity index (χ0) is 12.3. The van der Waals surface area contributed by atoms with Gasteiger partial charge in [-0.25, -0.2) is 0 Å². The molecule has 3 nitrogen and oxygen atoms in total. The fourth-order valence-electron chi connectivity index (χ4n) is 2.10. The van der Waals surface area contributed by atoms with E-state index in [9.17, 15) is 0 Å². The first-order valence-electron chi connectivity index (χ1n) is 5.81. The first-order chi connectivity index (χ1) is 8.27. The quantitative estimate of drug-likeness (QED) is 0.633. The highest BCUT2D eigenvalue weighted by Crippen LogP contribution is 2.30. The van der Waals surface area contributed by atoms with Crippen LogP contribution >= 0.6 is 11.3 Å². The molecule has 0 amide bonds. The fourth-order valence-corrected chi connectivity index (χ4v) is 3.05. The third-order valence-electron chi connectivity index (χ3n) is 2.92. The summed E-state index contributed by atoms with van der Waals surface area (Å²) in [6, 6.07) is 8.44. The number of benzene rings is 1. The number of fused-ring (bicyclic) bond motifs is 1. The molecule has 1 aromatic heterocycles. The van der Waals surface area contributed by atoms with E-state index >= 15 is 0 Å². The van der Waals surface area contributed by atoms with E-state index in [0.717, 1.165) is 0 Å². The molecule has 2 unspecified atom stereocenters. The first-order valence-corrected chi connectivity index (χ1v) is 6.69. The van der Waals surface area contributed by atoms with Crippen LogP contribution in [0.4, 0.5) is 0 Å². The van der Waals surface area contributed by atoms with E-state index in [0.29, 0.717) is 6.61 Å². The molecule has 0 aliphatic carbocycles. The summed E-state index contributed by atoms with van der Waals surface area (Å²) in [5, 5.41) is 3.36. The van der Waals surface area contributed by atoms with Gasteiger partial charge in [-0.15, -0.1) is 11.3 Å². The normalized spacial score (nSPS) is 15.0. The molecule has 92 valence electrons. The Balaban J connectivity index is 2.39. The second kappa shape index (κ2) is 5.60. The van der Waals surface area contributed by atoms with Crippen molar-refractivity contribution in [2.24, 2.45) is 5.84 Å². The molecule has 0 aliphatic rings. The maximum atomic E-state index is 5.67. The predicted molar refractivity (Wildman–Crippen MR) is 73.0 cm³/mol. The molecule has 4 heteroatoms. The van der Waals surface area contributed by atoms with Crippen molar-refractivity contribution in [3.05, 3.63) is 35.2 Å². The maximum absolute atomic E-state index is 5.67. The van der Waals surface area contributed by atoms with Crippen LogP contribution in [0.3, 0.4) is 0 Å². The Hall–Kier alpha value is -0.940. The van der Waals surface area contributed by atoms with Crippen molar-refractivity contribution in [1.29, 1.82) is 0 Å². The van der Waals surface area contributed by atoms with Gasteiger partial charge in [-0.3, -0.25) is 11.3 Å². The molecule has 0 fully saturated rings. The molecule has 2 rings (SSSR count). The van der Waals surface area contributed by atoms with Crippen molar-refractivity contribution in [3.63, 3.8) is 0 Å². The number of nitrogens with two attached hydrogens (primary N) is 1. The molecule has 0 radical (unpaired) electrons. The first kappa shape index (κ1) is 12.5. The Labute approximate surface area is 106 Å². The van der Waals surface area contributed by atoms with Gasteiger partial charge in [-0.1, -0.05) is 18.2 Å². The van der Waals surface area contributed by atoms with Crippen LogP contribution in [-0.4, -0.2) is 12.7 Å². The van der Waals surface area contributed by atoms with Crippen molar-refractivity contribution in [3.8, 4) is 0 Å². The summed E-state index contributed by atoms with van der Waals surface area (Å²) < 4.78 is 6.92. The van der Waals surface area contributed by atoms with Crippen molar-refractivity contribution < 1.29 is 4.74 Å². The Morgan fingerprint density at radius 1 is 1.41 bits per heavy atom. The van der Waals surface area contributed by atoms with E-state index in [2.05, 4.69) is 35.1 Å². The summed E-state index contributed by atoms with van der Waals surface area (Å²) in [4.78, 5) is 0. The number of rotatable bonds is 5. The minimum absolute atomic E-state index is 0.0253. The van der Waals surface area contributed by atoms with Crippen molar-refractivity contribution in [2.75, 3.05) is 6.61 Å². The minimum atomic E-state index is 0.0253. The van der Waals surface area contributed by atoms with Gasteiger partial charge in [-0.05, 0) is 36.2 Å². The molecular formula is C13H18N2OS. The topological polar surface area (TPSA) is 47.3 Å². The van der Waals surface area contributed by atoms with Gasteiger partial charge in [0.1, 0.15) is 0 Å². The highest BCUT2D eigenvalue weighted by atomic mass is 32.1.